The zero-order chi connectivity index (χ0) is 15.9. The Morgan fingerprint density at radius 2 is 1.86 bits per heavy atom. The molecule has 0 amide bonds. The Labute approximate surface area is 130 Å². The molecule has 1 heterocycles. The molecule has 2 rings (SSSR count). The van der Waals surface area contributed by atoms with E-state index in [-0.39, 0.29) is 10.6 Å². The Hall–Kier alpha value is -1.86. The van der Waals surface area contributed by atoms with Crippen LogP contribution in [0.3, 0.4) is 0 Å². The fourth-order valence-corrected chi connectivity index (χ4v) is 2.71. The van der Waals surface area contributed by atoms with Crippen molar-refractivity contribution in [1.29, 1.82) is 0 Å². The van der Waals surface area contributed by atoms with Gasteiger partial charge in [-0.05, 0) is 25.5 Å². The van der Waals surface area contributed by atoms with E-state index in [1.165, 1.54) is 20.3 Å². The quantitative estimate of drug-likeness (QED) is 0.607. The summed E-state index contributed by atoms with van der Waals surface area (Å²) in [5, 5.41) is 14.6. The molecule has 1 aliphatic rings. The van der Waals surface area contributed by atoms with Gasteiger partial charge in [0, 0.05) is 31.7 Å². The second-order valence-electron chi connectivity index (χ2n) is 5.29. The highest BCUT2D eigenvalue weighted by Crippen LogP contribution is 2.35. The standard InChI is InChI=1S/C15H23N3O4/c1-21-14-10-12(13(18(19)20)11-15(14)22-2)4-3-7-17-8-5-16-6-9-17/h10-11,16H,3-9H2,1-2H3. The average Bonchev–Trinajstić information content (AvgIpc) is 2.55. The second-order valence-corrected chi connectivity index (χ2v) is 5.29. The third-order valence-electron chi connectivity index (χ3n) is 3.91. The number of rotatable bonds is 7. The van der Waals surface area contributed by atoms with Crippen LogP contribution in [0.1, 0.15) is 12.0 Å². The smallest absolute Gasteiger partial charge is 0.276 e. The molecular formula is C15H23N3O4. The molecule has 7 nitrogen and oxygen atoms in total. The molecule has 1 aromatic rings. The zero-order valence-corrected chi connectivity index (χ0v) is 13.1. The van der Waals surface area contributed by atoms with Crippen LogP contribution in [0, 0.1) is 10.1 Å². The number of benzene rings is 1. The minimum Gasteiger partial charge on any atom is -0.493 e. The van der Waals surface area contributed by atoms with Crippen LogP contribution < -0.4 is 14.8 Å². The van der Waals surface area contributed by atoms with E-state index in [0.29, 0.717) is 23.5 Å². The third kappa shape index (κ3) is 4.08. The van der Waals surface area contributed by atoms with Gasteiger partial charge in [0.2, 0.25) is 0 Å². The van der Waals surface area contributed by atoms with E-state index in [1.54, 1.807) is 6.07 Å². The highest BCUT2D eigenvalue weighted by atomic mass is 16.6. The van der Waals surface area contributed by atoms with Crippen molar-refractivity contribution in [3.8, 4) is 11.5 Å². The Kier molecular flexibility index (Phi) is 5.97. The summed E-state index contributed by atoms with van der Waals surface area (Å²) in [4.78, 5) is 13.3. The summed E-state index contributed by atoms with van der Waals surface area (Å²) in [5.74, 6) is 0.922. The molecular weight excluding hydrogens is 286 g/mol. The molecule has 1 aromatic carbocycles. The van der Waals surface area contributed by atoms with Gasteiger partial charge in [0.25, 0.3) is 5.69 Å². The van der Waals surface area contributed by atoms with Crippen molar-refractivity contribution in [2.24, 2.45) is 0 Å². The number of hydrogen-bond acceptors (Lipinski definition) is 6. The summed E-state index contributed by atoms with van der Waals surface area (Å²) < 4.78 is 10.4. The molecule has 0 saturated carbocycles. The molecule has 0 atom stereocenters. The Balaban J connectivity index is 2.05. The Bertz CT molecular complexity index is 516. The molecule has 0 bridgehead atoms. The molecule has 22 heavy (non-hydrogen) atoms. The van der Waals surface area contributed by atoms with Crippen LogP contribution in [0.5, 0.6) is 11.5 Å². The van der Waals surface area contributed by atoms with E-state index >= 15 is 0 Å². The van der Waals surface area contributed by atoms with Crippen LogP contribution in [-0.4, -0.2) is 56.8 Å². The zero-order valence-electron chi connectivity index (χ0n) is 13.1. The van der Waals surface area contributed by atoms with E-state index in [2.05, 4.69) is 10.2 Å². The number of piperazine rings is 1. The normalized spacial score (nSPS) is 15.5. The Morgan fingerprint density at radius 3 is 2.45 bits per heavy atom. The monoisotopic (exact) mass is 309 g/mol. The lowest BCUT2D eigenvalue weighted by Crippen LogP contribution is -2.43. The predicted octanol–water partition coefficient (Wildman–Crippen LogP) is 1.45. The molecule has 0 aromatic heterocycles. The lowest BCUT2D eigenvalue weighted by molar-refractivity contribution is -0.385. The first-order valence-electron chi connectivity index (χ1n) is 7.48. The van der Waals surface area contributed by atoms with Gasteiger partial charge < -0.3 is 19.7 Å². The van der Waals surface area contributed by atoms with Crippen LogP contribution >= 0.6 is 0 Å². The molecule has 1 saturated heterocycles. The van der Waals surface area contributed by atoms with Crippen LogP contribution in [0.2, 0.25) is 0 Å². The van der Waals surface area contributed by atoms with Gasteiger partial charge in [-0.2, -0.15) is 0 Å². The number of ether oxygens (including phenoxy) is 2. The number of nitro benzene ring substituents is 1. The van der Waals surface area contributed by atoms with Crippen molar-refractivity contribution in [1.82, 2.24) is 10.2 Å². The van der Waals surface area contributed by atoms with Gasteiger partial charge in [0.1, 0.15) is 0 Å². The summed E-state index contributed by atoms with van der Waals surface area (Å²) >= 11 is 0. The van der Waals surface area contributed by atoms with Crippen LogP contribution in [0.25, 0.3) is 0 Å². The third-order valence-corrected chi connectivity index (χ3v) is 3.91. The van der Waals surface area contributed by atoms with E-state index in [9.17, 15) is 10.1 Å². The molecule has 0 unspecified atom stereocenters. The van der Waals surface area contributed by atoms with Crippen molar-refractivity contribution in [3.63, 3.8) is 0 Å². The maximum Gasteiger partial charge on any atom is 0.276 e. The first kappa shape index (κ1) is 16.5. The second kappa shape index (κ2) is 7.95. The maximum atomic E-state index is 11.2. The summed E-state index contributed by atoms with van der Waals surface area (Å²) in [6, 6.07) is 3.16. The van der Waals surface area contributed by atoms with E-state index in [0.717, 1.165) is 39.1 Å². The van der Waals surface area contributed by atoms with Crippen molar-refractivity contribution in [2.45, 2.75) is 12.8 Å². The van der Waals surface area contributed by atoms with E-state index in [4.69, 9.17) is 9.47 Å². The number of nitrogens with zero attached hydrogens (tertiary/aromatic N) is 2. The molecule has 0 radical (unpaired) electrons. The van der Waals surface area contributed by atoms with Crippen LogP contribution in [-0.2, 0) is 6.42 Å². The van der Waals surface area contributed by atoms with Gasteiger partial charge in [-0.15, -0.1) is 0 Å². The number of nitro groups is 1. The maximum absolute atomic E-state index is 11.2. The number of aryl methyl sites for hydroxylation is 1. The highest BCUT2D eigenvalue weighted by molar-refractivity contribution is 5.54. The van der Waals surface area contributed by atoms with Gasteiger partial charge >= 0.3 is 0 Å². The molecule has 1 aliphatic heterocycles. The van der Waals surface area contributed by atoms with Crippen molar-refractivity contribution in [3.05, 3.63) is 27.8 Å². The van der Waals surface area contributed by atoms with Gasteiger partial charge in [0.05, 0.1) is 25.2 Å². The SMILES string of the molecule is COc1cc(CCCN2CCNCC2)c([N+](=O)[O-])cc1OC. The van der Waals surface area contributed by atoms with Crippen molar-refractivity contribution in [2.75, 3.05) is 46.9 Å². The summed E-state index contributed by atoms with van der Waals surface area (Å²) in [6.45, 7) is 5.04. The molecule has 0 spiro atoms. The fourth-order valence-electron chi connectivity index (χ4n) is 2.71. The fraction of sp³-hybridized carbons (Fsp3) is 0.600. The van der Waals surface area contributed by atoms with Gasteiger partial charge in [0.15, 0.2) is 11.5 Å². The van der Waals surface area contributed by atoms with E-state index in [1.807, 2.05) is 0 Å². The van der Waals surface area contributed by atoms with Gasteiger partial charge in [-0.1, -0.05) is 0 Å². The summed E-state index contributed by atoms with van der Waals surface area (Å²) in [6.07, 6.45) is 1.54. The number of methoxy groups -OCH3 is 2. The summed E-state index contributed by atoms with van der Waals surface area (Å²) in [5.41, 5.74) is 0.788. The van der Waals surface area contributed by atoms with Crippen LogP contribution in [0.15, 0.2) is 12.1 Å². The Morgan fingerprint density at radius 1 is 1.23 bits per heavy atom. The number of hydrogen-bond donors (Lipinski definition) is 1. The van der Waals surface area contributed by atoms with Crippen LogP contribution in [0.4, 0.5) is 5.69 Å². The largest absolute Gasteiger partial charge is 0.493 e. The predicted molar refractivity (Wildman–Crippen MR) is 83.8 cm³/mol. The summed E-state index contributed by atoms with van der Waals surface area (Å²) in [7, 11) is 3.01. The van der Waals surface area contributed by atoms with Crippen molar-refractivity contribution >= 4 is 5.69 Å². The molecule has 122 valence electrons. The molecule has 7 heteroatoms. The molecule has 1 fully saturated rings. The first-order valence-corrected chi connectivity index (χ1v) is 7.48. The average molecular weight is 309 g/mol. The first-order chi connectivity index (χ1) is 10.7. The van der Waals surface area contributed by atoms with Gasteiger partial charge in [-0.3, -0.25) is 10.1 Å². The lowest BCUT2D eigenvalue weighted by atomic mass is 10.1. The van der Waals surface area contributed by atoms with E-state index < -0.39 is 0 Å². The minimum atomic E-state index is -0.359. The molecule has 1 N–H and O–H groups in total. The highest BCUT2D eigenvalue weighted by Gasteiger charge is 2.19. The molecule has 0 aliphatic carbocycles. The number of nitrogens with one attached hydrogen (secondary N) is 1. The minimum absolute atomic E-state index is 0.0953. The van der Waals surface area contributed by atoms with Gasteiger partial charge in [-0.25, -0.2) is 0 Å². The lowest BCUT2D eigenvalue weighted by Gasteiger charge is -2.27. The van der Waals surface area contributed by atoms with Crippen molar-refractivity contribution < 1.29 is 14.4 Å². The topological polar surface area (TPSA) is 76.9 Å².